The van der Waals surface area contributed by atoms with E-state index in [1.165, 1.54) is 19.2 Å². The zero-order chi connectivity index (χ0) is 24.5. The number of primary amides is 1. The van der Waals surface area contributed by atoms with Gasteiger partial charge in [0.25, 0.3) is 5.91 Å². The third-order valence-corrected chi connectivity index (χ3v) is 7.42. The number of hydrogen-bond donors (Lipinski definition) is 2. The van der Waals surface area contributed by atoms with E-state index in [-0.39, 0.29) is 10.6 Å². The van der Waals surface area contributed by atoms with Gasteiger partial charge >= 0.3 is 0 Å². The Morgan fingerprint density at radius 1 is 1.15 bits per heavy atom. The maximum Gasteiger partial charge on any atom is 0.254 e. The number of amides is 1. The summed E-state index contributed by atoms with van der Waals surface area (Å²) in [5.74, 6) is 0.510. The van der Waals surface area contributed by atoms with Gasteiger partial charge < -0.3 is 20.2 Å². The maximum absolute atomic E-state index is 12.3. The van der Waals surface area contributed by atoms with Crippen LogP contribution in [-0.4, -0.2) is 42.1 Å². The predicted octanol–water partition coefficient (Wildman–Crippen LogP) is 3.56. The molecule has 1 amide bonds. The van der Waals surface area contributed by atoms with Crippen molar-refractivity contribution in [1.29, 1.82) is 0 Å². The molecule has 9 nitrogen and oxygen atoms in total. The summed E-state index contributed by atoms with van der Waals surface area (Å²) in [6.45, 7) is 3.13. The average Bonchev–Trinajstić information content (AvgIpc) is 3.27. The normalized spacial score (nSPS) is 13.5. The smallest absolute Gasteiger partial charge is 0.254 e. The average molecular weight is 481 g/mol. The van der Waals surface area contributed by atoms with Crippen molar-refractivity contribution in [1.82, 2.24) is 15.0 Å². The number of pyridine rings is 1. The van der Waals surface area contributed by atoms with Crippen LogP contribution in [0.2, 0.25) is 0 Å². The molecule has 10 heteroatoms. The first-order chi connectivity index (χ1) is 16.2. The van der Waals surface area contributed by atoms with E-state index in [9.17, 15) is 13.2 Å². The van der Waals surface area contributed by atoms with Crippen molar-refractivity contribution in [3.63, 3.8) is 0 Å². The molecule has 0 aliphatic rings. The number of benzene rings is 2. The SMILES string of the molecule is CCS(=O)(=O)c1ccc(Oc2cc3nc(-c4ccccn4)[nH]c3cc2C(C)(OC)C(N)=O)cc1. The van der Waals surface area contributed by atoms with Crippen LogP contribution in [0.25, 0.3) is 22.6 Å². The topological polar surface area (TPSA) is 137 Å². The quantitative estimate of drug-likeness (QED) is 0.393. The zero-order valence-electron chi connectivity index (χ0n) is 18.9. The van der Waals surface area contributed by atoms with Crippen molar-refractivity contribution in [2.45, 2.75) is 24.3 Å². The second-order valence-electron chi connectivity index (χ2n) is 7.74. The number of nitrogens with one attached hydrogen (secondary N) is 1. The monoisotopic (exact) mass is 480 g/mol. The Balaban J connectivity index is 1.83. The molecule has 0 aliphatic carbocycles. The number of nitrogens with two attached hydrogens (primary N) is 1. The van der Waals surface area contributed by atoms with Gasteiger partial charge in [0.1, 0.15) is 17.2 Å². The largest absolute Gasteiger partial charge is 0.457 e. The molecule has 3 N–H and O–H groups in total. The molecule has 0 bridgehead atoms. The lowest BCUT2D eigenvalue weighted by atomic mass is 9.93. The van der Waals surface area contributed by atoms with Crippen molar-refractivity contribution in [3.8, 4) is 23.0 Å². The van der Waals surface area contributed by atoms with Crippen LogP contribution in [0.5, 0.6) is 11.5 Å². The Hall–Kier alpha value is -3.76. The molecular weight excluding hydrogens is 456 g/mol. The predicted molar refractivity (Wildman–Crippen MR) is 127 cm³/mol. The highest BCUT2D eigenvalue weighted by Crippen LogP contribution is 2.38. The number of fused-ring (bicyclic) bond motifs is 1. The van der Waals surface area contributed by atoms with Crippen LogP contribution < -0.4 is 10.5 Å². The highest BCUT2D eigenvalue weighted by atomic mass is 32.2. The minimum absolute atomic E-state index is 0.00338. The number of H-pyrrole nitrogens is 1. The number of hydrogen-bond acceptors (Lipinski definition) is 7. The van der Waals surface area contributed by atoms with Gasteiger partial charge in [0.2, 0.25) is 0 Å². The first kappa shape index (κ1) is 23.4. The fourth-order valence-corrected chi connectivity index (χ4v) is 4.36. The fourth-order valence-electron chi connectivity index (χ4n) is 3.47. The van der Waals surface area contributed by atoms with Crippen LogP contribution in [0.1, 0.15) is 19.4 Å². The number of methoxy groups -OCH3 is 1. The molecule has 2 heterocycles. The molecule has 34 heavy (non-hydrogen) atoms. The zero-order valence-corrected chi connectivity index (χ0v) is 19.7. The summed E-state index contributed by atoms with van der Waals surface area (Å²) in [6, 6.07) is 14.9. The summed E-state index contributed by atoms with van der Waals surface area (Å²) in [7, 11) is -1.96. The highest BCUT2D eigenvalue weighted by Gasteiger charge is 2.37. The number of carbonyl (C=O) groups excluding carboxylic acids is 1. The number of rotatable bonds is 8. The van der Waals surface area contributed by atoms with Crippen molar-refractivity contribution >= 4 is 26.8 Å². The summed E-state index contributed by atoms with van der Waals surface area (Å²) in [5, 5.41) is 0. The van der Waals surface area contributed by atoms with Gasteiger partial charge in [-0.1, -0.05) is 13.0 Å². The van der Waals surface area contributed by atoms with E-state index in [1.54, 1.807) is 44.3 Å². The Kier molecular flexibility index (Phi) is 6.11. The molecule has 2 aromatic carbocycles. The number of aromatic amines is 1. The Morgan fingerprint density at radius 2 is 1.88 bits per heavy atom. The molecule has 0 fully saturated rings. The number of nitrogens with zero attached hydrogens (tertiary/aromatic N) is 2. The molecule has 4 aromatic rings. The highest BCUT2D eigenvalue weighted by molar-refractivity contribution is 7.91. The van der Waals surface area contributed by atoms with Gasteiger partial charge in [-0.25, -0.2) is 13.4 Å². The third-order valence-electron chi connectivity index (χ3n) is 5.67. The molecule has 176 valence electrons. The molecule has 0 spiro atoms. The molecule has 1 unspecified atom stereocenters. The summed E-state index contributed by atoms with van der Waals surface area (Å²) < 4.78 is 35.8. The van der Waals surface area contributed by atoms with Crippen LogP contribution in [0.4, 0.5) is 0 Å². The first-order valence-corrected chi connectivity index (χ1v) is 12.1. The van der Waals surface area contributed by atoms with E-state index in [0.717, 1.165) is 0 Å². The van der Waals surface area contributed by atoms with Crippen LogP contribution in [-0.2, 0) is 25.0 Å². The summed E-state index contributed by atoms with van der Waals surface area (Å²) in [4.78, 5) is 24.7. The lowest BCUT2D eigenvalue weighted by Crippen LogP contribution is -2.40. The van der Waals surface area contributed by atoms with E-state index in [2.05, 4.69) is 15.0 Å². The maximum atomic E-state index is 12.3. The molecule has 4 rings (SSSR count). The van der Waals surface area contributed by atoms with Gasteiger partial charge in [0.15, 0.2) is 21.3 Å². The van der Waals surface area contributed by atoms with Crippen molar-refractivity contribution in [2.24, 2.45) is 5.73 Å². The van der Waals surface area contributed by atoms with Crippen LogP contribution in [0.3, 0.4) is 0 Å². The molecule has 0 saturated heterocycles. The fraction of sp³-hybridized carbons (Fsp3) is 0.208. The van der Waals surface area contributed by atoms with Gasteiger partial charge in [-0.2, -0.15) is 0 Å². The second-order valence-corrected chi connectivity index (χ2v) is 10.0. The molecule has 0 radical (unpaired) electrons. The van der Waals surface area contributed by atoms with Crippen LogP contribution in [0, 0.1) is 0 Å². The summed E-state index contributed by atoms with van der Waals surface area (Å²) in [5.41, 5.74) is 6.43. The minimum Gasteiger partial charge on any atom is -0.457 e. The standard InChI is InChI=1S/C24H24N4O5S/c1-4-34(30,31)16-10-8-15(9-11-16)33-21-14-20-19(13-17(21)24(2,32-3)23(25)29)27-22(28-20)18-7-5-6-12-26-18/h5-14H,4H2,1-3H3,(H2,25,29)(H,27,28). The van der Waals surface area contributed by atoms with Gasteiger partial charge in [-0.05, 0) is 49.4 Å². The van der Waals surface area contributed by atoms with E-state index < -0.39 is 21.3 Å². The molecule has 0 saturated carbocycles. The second kappa shape index (κ2) is 8.88. The van der Waals surface area contributed by atoms with Crippen LogP contribution in [0.15, 0.2) is 65.7 Å². The Morgan fingerprint density at radius 3 is 2.47 bits per heavy atom. The van der Waals surface area contributed by atoms with Crippen molar-refractivity contribution < 1.29 is 22.7 Å². The molecule has 2 aromatic heterocycles. The minimum atomic E-state index is -3.34. The summed E-state index contributed by atoms with van der Waals surface area (Å²) >= 11 is 0. The van der Waals surface area contributed by atoms with Gasteiger partial charge in [0, 0.05) is 24.9 Å². The van der Waals surface area contributed by atoms with Crippen molar-refractivity contribution in [2.75, 3.05) is 12.9 Å². The molecule has 0 aliphatic heterocycles. The van der Waals surface area contributed by atoms with E-state index >= 15 is 0 Å². The van der Waals surface area contributed by atoms with Gasteiger partial charge in [-0.3, -0.25) is 9.78 Å². The van der Waals surface area contributed by atoms with E-state index in [1.807, 2.05) is 18.2 Å². The van der Waals surface area contributed by atoms with Crippen LogP contribution >= 0.6 is 0 Å². The number of ether oxygens (including phenoxy) is 2. The Labute approximate surface area is 196 Å². The van der Waals surface area contributed by atoms with Gasteiger partial charge in [0.05, 0.1) is 21.7 Å². The summed E-state index contributed by atoms with van der Waals surface area (Å²) in [6.07, 6.45) is 1.67. The number of imidazole rings is 1. The van der Waals surface area contributed by atoms with Gasteiger partial charge in [-0.15, -0.1) is 0 Å². The Bertz CT molecular complexity index is 1450. The molecule has 1 atom stereocenters. The van der Waals surface area contributed by atoms with E-state index in [0.29, 0.717) is 39.6 Å². The first-order valence-electron chi connectivity index (χ1n) is 10.5. The lowest BCUT2D eigenvalue weighted by Gasteiger charge is -2.27. The number of aromatic nitrogens is 3. The lowest BCUT2D eigenvalue weighted by molar-refractivity contribution is -0.139. The number of sulfone groups is 1. The van der Waals surface area contributed by atoms with Crippen molar-refractivity contribution in [3.05, 3.63) is 66.4 Å². The third kappa shape index (κ3) is 4.25. The number of carbonyl (C=O) groups is 1. The molecular formula is C24H24N4O5S. The van der Waals surface area contributed by atoms with E-state index in [4.69, 9.17) is 15.2 Å².